The van der Waals surface area contributed by atoms with Crippen LogP contribution in [0.3, 0.4) is 0 Å². The lowest BCUT2D eigenvalue weighted by Crippen LogP contribution is -2.25. The smallest absolute Gasteiger partial charge is 0.155 e. The van der Waals surface area contributed by atoms with E-state index in [-0.39, 0.29) is 5.82 Å². The summed E-state index contributed by atoms with van der Waals surface area (Å²) in [6.45, 7) is 5.14. The van der Waals surface area contributed by atoms with Crippen LogP contribution in [-0.2, 0) is 0 Å². The van der Waals surface area contributed by atoms with Gasteiger partial charge in [0.15, 0.2) is 5.65 Å². The van der Waals surface area contributed by atoms with Crippen molar-refractivity contribution in [3.05, 3.63) is 79.0 Å². The van der Waals surface area contributed by atoms with Crippen molar-refractivity contribution in [1.82, 2.24) is 34.9 Å². The second-order valence-corrected chi connectivity index (χ2v) is 11.8. The van der Waals surface area contributed by atoms with E-state index in [1.165, 1.54) is 25.0 Å². The number of likely N-dealkylation sites (N-methyl/N-ethyl adjacent to an activating group) is 1. The number of nitrogens with one attached hydrogen (secondary N) is 2. The molecule has 2 N–H and O–H groups in total. The zero-order chi connectivity index (χ0) is 30.8. The zero-order valence-corrected chi connectivity index (χ0v) is 25.5. The molecule has 45 heavy (non-hydrogen) atoms. The lowest BCUT2D eigenvalue weighted by molar-refractivity contribution is 0.238. The molecule has 0 amide bonds. The predicted octanol–water partition coefficient (Wildman–Crippen LogP) is 6.39. The summed E-state index contributed by atoms with van der Waals surface area (Å²) in [5, 5.41) is 9.48. The first-order valence-corrected chi connectivity index (χ1v) is 15.4. The zero-order valence-electron chi connectivity index (χ0n) is 25.5. The van der Waals surface area contributed by atoms with Gasteiger partial charge in [0.2, 0.25) is 0 Å². The van der Waals surface area contributed by atoms with Crippen LogP contribution in [0, 0.1) is 5.82 Å². The van der Waals surface area contributed by atoms with E-state index in [0.29, 0.717) is 30.2 Å². The number of fused-ring (bicyclic) bond motifs is 2. The molecule has 0 saturated carbocycles. The van der Waals surface area contributed by atoms with E-state index < -0.39 is 0 Å². The Bertz CT molecular complexity index is 1940. The summed E-state index contributed by atoms with van der Waals surface area (Å²) in [4.78, 5) is 17.0. The summed E-state index contributed by atoms with van der Waals surface area (Å²) in [6.07, 6.45) is 7.92. The molecule has 5 heterocycles. The van der Waals surface area contributed by atoms with Gasteiger partial charge in [-0.05, 0) is 87.6 Å². The topological polar surface area (TPSA) is 95.2 Å². The number of hydrogen-bond acceptors (Lipinski definition) is 7. The number of ether oxygens (including phenoxy) is 2. The molecular weight excluding hydrogens is 569 g/mol. The van der Waals surface area contributed by atoms with E-state index in [0.717, 1.165) is 76.3 Å². The van der Waals surface area contributed by atoms with Gasteiger partial charge in [-0.2, -0.15) is 5.10 Å². The normalized spacial score (nSPS) is 13.8. The van der Waals surface area contributed by atoms with Crippen molar-refractivity contribution >= 4 is 21.9 Å². The van der Waals surface area contributed by atoms with Crippen molar-refractivity contribution in [3.63, 3.8) is 0 Å². The third-order valence-corrected chi connectivity index (χ3v) is 8.25. The quantitative estimate of drug-likeness (QED) is 0.177. The molecule has 2 aromatic carbocycles. The number of nitrogens with zero attached hydrogens (tertiary/aromatic N) is 5. The fraction of sp³-hybridized carbons (Fsp3) is 0.286. The second-order valence-electron chi connectivity index (χ2n) is 11.8. The third-order valence-electron chi connectivity index (χ3n) is 8.25. The SMILES string of the molecule is CN(C)CCOc1cc(F)cc(-c2cncc3[nH]c(-c4n[nH]c5ncc(-c6cccc(OCCN7CCCC7)c6)cc45)cc23)c1. The highest BCUT2D eigenvalue weighted by atomic mass is 19.1. The molecule has 230 valence electrons. The van der Waals surface area contributed by atoms with Gasteiger partial charge in [0, 0.05) is 53.4 Å². The number of hydrogen-bond donors (Lipinski definition) is 2. The standard InChI is InChI=1S/C35H36FN7O2/c1-42(2)10-12-45-28-16-24(14-26(36)18-28)31-21-37-22-33-29(31)19-32(39-33)34-30-17-25(20-38-35(30)41-40-34)23-6-5-7-27(15-23)44-13-11-43-8-3-4-9-43/h5-7,14-22,39H,3-4,8-13H2,1-2H3,(H,38,40,41). The number of pyridine rings is 2. The molecule has 10 heteroatoms. The van der Waals surface area contributed by atoms with Gasteiger partial charge in [0.25, 0.3) is 0 Å². The van der Waals surface area contributed by atoms with E-state index in [2.05, 4.69) is 48.2 Å². The van der Waals surface area contributed by atoms with Crippen LogP contribution in [0.4, 0.5) is 4.39 Å². The fourth-order valence-electron chi connectivity index (χ4n) is 5.89. The summed E-state index contributed by atoms with van der Waals surface area (Å²) in [5.74, 6) is 0.967. The minimum Gasteiger partial charge on any atom is -0.492 e. The molecule has 1 saturated heterocycles. The molecule has 1 aliphatic rings. The van der Waals surface area contributed by atoms with Crippen molar-refractivity contribution in [1.29, 1.82) is 0 Å². The Morgan fingerprint density at radius 1 is 0.867 bits per heavy atom. The largest absolute Gasteiger partial charge is 0.492 e. The predicted molar refractivity (Wildman–Crippen MR) is 175 cm³/mol. The van der Waals surface area contributed by atoms with Crippen LogP contribution in [0.2, 0.25) is 0 Å². The summed E-state index contributed by atoms with van der Waals surface area (Å²) in [6, 6.07) is 17.0. The fourth-order valence-corrected chi connectivity index (χ4v) is 5.89. The Balaban J connectivity index is 1.17. The molecule has 1 fully saturated rings. The second kappa shape index (κ2) is 12.7. The first kappa shape index (κ1) is 28.9. The van der Waals surface area contributed by atoms with Crippen LogP contribution in [0.25, 0.3) is 55.6 Å². The molecule has 4 aromatic heterocycles. The molecular formula is C35H36FN7O2. The average Bonchev–Trinajstić information content (AvgIpc) is 3.80. The Hall–Kier alpha value is -4.80. The van der Waals surface area contributed by atoms with Gasteiger partial charge < -0.3 is 19.4 Å². The van der Waals surface area contributed by atoms with Gasteiger partial charge in [0.05, 0.1) is 17.4 Å². The van der Waals surface area contributed by atoms with Gasteiger partial charge in [0.1, 0.15) is 36.2 Å². The number of rotatable bonds is 11. The van der Waals surface area contributed by atoms with E-state index in [1.807, 2.05) is 49.5 Å². The van der Waals surface area contributed by atoms with Crippen molar-refractivity contribution < 1.29 is 13.9 Å². The first-order chi connectivity index (χ1) is 22.0. The highest BCUT2D eigenvalue weighted by Crippen LogP contribution is 2.36. The first-order valence-electron chi connectivity index (χ1n) is 15.4. The number of halogens is 1. The summed E-state index contributed by atoms with van der Waals surface area (Å²) in [7, 11) is 3.94. The van der Waals surface area contributed by atoms with Crippen LogP contribution in [-0.4, -0.2) is 88.4 Å². The molecule has 0 bridgehead atoms. The van der Waals surface area contributed by atoms with Crippen LogP contribution < -0.4 is 9.47 Å². The Kier molecular flexibility index (Phi) is 8.15. The number of benzene rings is 2. The molecule has 9 nitrogen and oxygen atoms in total. The molecule has 0 aliphatic carbocycles. The number of aromatic amines is 2. The van der Waals surface area contributed by atoms with E-state index >= 15 is 0 Å². The van der Waals surface area contributed by atoms with E-state index in [1.54, 1.807) is 12.4 Å². The van der Waals surface area contributed by atoms with Gasteiger partial charge in [-0.25, -0.2) is 9.37 Å². The maximum absolute atomic E-state index is 14.7. The van der Waals surface area contributed by atoms with Crippen LogP contribution in [0.15, 0.2) is 73.2 Å². The number of likely N-dealkylation sites (tertiary alicyclic amines) is 1. The molecule has 0 unspecified atom stereocenters. The van der Waals surface area contributed by atoms with Crippen molar-refractivity contribution in [2.75, 3.05) is 53.5 Å². The summed E-state index contributed by atoms with van der Waals surface area (Å²) >= 11 is 0. The van der Waals surface area contributed by atoms with Gasteiger partial charge in [-0.15, -0.1) is 0 Å². The van der Waals surface area contributed by atoms with Crippen molar-refractivity contribution in [2.24, 2.45) is 0 Å². The summed E-state index contributed by atoms with van der Waals surface area (Å²) in [5.41, 5.74) is 6.54. The molecule has 0 atom stereocenters. The summed E-state index contributed by atoms with van der Waals surface area (Å²) < 4.78 is 26.6. The molecule has 1 aliphatic heterocycles. The Morgan fingerprint density at radius 2 is 1.71 bits per heavy atom. The van der Waals surface area contributed by atoms with Crippen molar-refractivity contribution in [3.8, 4) is 45.1 Å². The minimum atomic E-state index is -0.363. The van der Waals surface area contributed by atoms with Gasteiger partial charge in [-0.3, -0.25) is 15.0 Å². The van der Waals surface area contributed by atoms with E-state index in [4.69, 9.17) is 9.47 Å². The third kappa shape index (κ3) is 6.38. The van der Waals surface area contributed by atoms with Gasteiger partial charge >= 0.3 is 0 Å². The molecule has 0 radical (unpaired) electrons. The van der Waals surface area contributed by atoms with Crippen LogP contribution in [0.5, 0.6) is 11.5 Å². The number of H-pyrrole nitrogens is 2. The molecule has 0 spiro atoms. The highest BCUT2D eigenvalue weighted by Gasteiger charge is 2.17. The monoisotopic (exact) mass is 605 g/mol. The van der Waals surface area contributed by atoms with E-state index in [9.17, 15) is 4.39 Å². The molecule has 7 rings (SSSR count). The average molecular weight is 606 g/mol. The van der Waals surface area contributed by atoms with Crippen LogP contribution in [0.1, 0.15) is 12.8 Å². The Morgan fingerprint density at radius 3 is 2.58 bits per heavy atom. The lowest BCUT2D eigenvalue weighted by Gasteiger charge is -2.15. The number of aromatic nitrogens is 5. The maximum Gasteiger partial charge on any atom is 0.155 e. The maximum atomic E-state index is 14.7. The van der Waals surface area contributed by atoms with Gasteiger partial charge in [-0.1, -0.05) is 12.1 Å². The van der Waals surface area contributed by atoms with Crippen molar-refractivity contribution in [2.45, 2.75) is 12.8 Å². The molecule has 6 aromatic rings. The highest BCUT2D eigenvalue weighted by molar-refractivity contribution is 6.00. The Labute approximate surface area is 261 Å². The van der Waals surface area contributed by atoms with Crippen LogP contribution >= 0.6 is 0 Å². The lowest BCUT2D eigenvalue weighted by atomic mass is 10.0. The minimum absolute atomic E-state index is 0.363.